The third-order valence-electron chi connectivity index (χ3n) is 7.27. The quantitative estimate of drug-likeness (QED) is 0.567. The fraction of sp³-hybridized carbons (Fsp3) is 0.625. The van der Waals surface area contributed by atoms with Gasteiger partial charge in [0.15, 0.2) is 0 Å². The molecule has 1 aromatic carbocycles. The number of methoxy groups -OCH3 is 1. The predicted molar refractivity (Wildman–Crippen MR) is 122 cm³/mol. The van der Waals surface area contributed by atoms with E-state index in [0.717, 1.165) is 36.6 Å². The molecule has 3 aliphatic rings. The highest BCUT2D eigenvalue weighted by Crippen LogP contribution is 2.53. The van der Waals surface area contributed by atoms with Gasteiger partial charge in [-0.15, -0.1) is 0 Å². The van der Waals surface area contributed by atoms with Crippen molar-refractivity contribution in [2.24, 2.45) is 17.8 Å². The second-order valence-corrected chi connectivity index (χ2v) is 10.6. The van der Waals surface area contributed by atoms with Crippen LogP contribution < -0.4 is 10.1 Å². The first-order valence-corrected chi connectivity index (χ1v) is 12.2. The number of carboxylic acids is 1. The van der Waals surface area contributed by atoms with Crippen molar-refractivity contribution < 1.29 is 24.2 Å². The SMILES string of the molecule is COc1ccc(Br)cc1C1NC(CC(C)C)(C(=O)O)C2C(=O)N(C3CCCCC3)C(=O)C12. The average molecular weight is 507 g/mol. The van der Waals surface area contributed by atoms with Crippen LogP contribution in [-0.4, -0.2) is 46.5 Å². The lowest BCUT2D eigenvalue weighted by Gasteiger charge is -2.35. The Balaban J connectivity index is 1.85. The summed E-state index contributed by atoms with van der Waals surface area (Å²) in [5, 5.41) is 13.7. The Morgan fingerprint density at radius 3 is 2.53 bits per heavy atom. The number of nitrogens with one attached hydrogen (secondary N) is 1. The first-order chi connectivity index (χ1) is 15.2. The number of nitrogens with zero attached hydrogens (tertiary/aromatic N) is 1. The smallest absolute Gasteiger partial charge is 0.324 e. The first-order valence-electron chi connectivity index (χ1n) is 11.4. The Labute approximate surface area is 197 Å². The number of likely N-dealkylation sites (tertiary alicyclic amines) is 1. The number of hydrogen-bond donors (Lipinski definition) is 2. The van der Waals surface area contributed by atoms with Gasteiger partial charge in [0, 0.05) is 22.1 Å². The maximum atomic E-state index is 13.8. The van der Waals surface area contributed by atoms with E-state index >= 15 is 0 Å². The van der Waals surface area contributed by atoms with Gasteiger partial charge in [-0.2, -0.15) is 0 Å². The van der Waals surface area contributed by atoms with E-state index in [1.54, 1.807) is 13.2 Å². The topological polar surface area (TPSA) is 95.9 Å². The van der Waals surface area contributed by atoms with Gasteiger partial charge < -0.3 is 9.84 Å². The fourth-order valence-corrected chi connectivity index (χ4v) is 6.43. The lowest BCUT2D eigenvalue weighted by Crippen LogP contribution is -2.57. The van der Waals surface area contributed by atoms with Crippen LogP contribution in [0.25, 0.3) is 0 Å². The summed E-state index contributed by atoms with van der Waals surface area (Å²) < 4.78 is 6.35. The van der Waals surface area contributed by atoms with Crippen LogP contribution in [0.2, 0.25) is 0 Å². The lowest BCUT2D eigenvalue weighted by molar-refractivity contribution is -0.153. The Hall–Kier alpha value is -1.93. The van der Waals surface area contributed by atoms with Gasteiger partial charge in [-0.1, -0.05) is 49.0 Å². The highest BCUT2D eigenvalue weighted by atomic mass is 79.9. The number of rotatable bonds is 6. The van der Waals surface area contributed by atoms with E-state index in [4.69, 9.17) is 4.74 Å². The van der Waals surface area contributed by atoms with E-state index in [1.807, 2.05) is 26.0 Å². The zero-order valence-electron chi connectivity index (χ0n) is 18.8. The Bertz CT molecular complexity index is 929. The minimum Gasteiger partial charge on any atom is -0.496 e. The maximum absolute atomic E-state index is 13.8. The van der Waals surface area contributed by atoms with Crippen LogP contribution in [0.4, 0.5) is 0 Å². The number of ether oxygens (including phenoxy) is 1. The molecule has 0 radical (unpaired) electrons. The summed E-state index contributed by atoms with van der Waals surface area (Å²) in [5.41, 5.74) is -0.817. The normalized spacial score (nSPS) is 30.8. The number of amides is 2. The molecule has 4 unspecified atom stereocenters. The second kappa shape index (κ2) is 8.78. The molecule has 4 atom stereocenters. The van der Waals surface area contributed by atoms with Crippen molar-refractivity contribution in [2.75, 3.05) is 7.11 Å². The highest BCUT2D eigenvalue weighted by molar-refractivity contribution is 9.10. The lowest BCUT2D eigenvalue weighted by atomic mass is 9.75. The molecule has 174 valence electrons. The fourth-order valence-electron chi connectivity index (χ4n) is 6.06. The molecule has 8 heteroatoms. The second-order valence-electron chi connectivity index (χ2n) is 9.72. The van der Waals surface area contributed by atoms with Gasteiger partial charge in [0.2, 0.25) is 11.8 Å². The molecule has 1 aromatic rings. The molecule has 2 heterocycles. The van der Waals surface area contributed by atoms with Crippen molar-refractivity contribution in [3.05, 3.63) is 28.2 Å². The zero-order valence-corrected chi connectivity index (χ0v) is 20.4. The number of imide groups is 1. The summed E-state index contributed by atoms with van der Waals surface area (Å²) in [5.74, 6) is -2.80. The maximum Gasteiger partial charge on any atom is 0.324 e. The number of hydrogen-bond acceptors (Lipinski definition) is 5. The summed E-state index contributed by atoms with van der Waals surface area (Å²) in [6.07, 6.45) is 4.90. The first kappa shape index (κ1) is 23.2. The van der Waals surface area contributed by atoms with Gasteiger partial charge >= 0.3 is 5.97 Å². The van der Waals surface area contributed by atoms with Gasteiger partial charge in [0.25, 0.3) is 0 Å². The summed E-state index contributed by atoms with van der Waals surface area (Å²) in [6.45, 7) is 3.88. The molecule has 0 bridgehead atoms. The summed E-state index contributed by atoms with van der Waals surface area (Å²) >= 11 is 3.48. The van der Waals surface area contributed by atoms with Crippen LogP contribution in [0, 0.1) is 17.8 Å². The van der Waals surface area contributed by atoms with Crippen LogP contribution in [-0.2, 0) is 14.4 Å². The number of aliphatic carboxylic acids is 1. The van der Waals surface area contributed by atoms with Crippen molar-refractivity contribution >= 4 is 33.7 Å². The Morgan fingerprint density at radius 2 is 1.94 bits per heavy atom. The van der Waals surface area contributed by atoms with Crippen molar-refractivity contribution in [3.63, 3.8) is 0 Å². The number of carboxylic acid groups (broad SMARTS) is 1. The third kappa shape index (κ3) is 3.65. The molecule has 7 nitrogen and oxygen atoms in total. The van der Waals surface area contributed by atoms with E-state index < -0.39 is 29.4 Å². The highest BCUT2D eigenvalue weighted by Gasteiger charge is 2.69. The van der Waals surface area contributed by atoms with Crippen LogP contribution in [0.15, 0.2) is 22.7 Å². The molecule has 3 fully saturated rings. The molecule has 0 spiro atoms. The summed E-state index contributed by atoms with van der Waals surface area (Å²) in [4.78, 5) is 41.7. The molecule has 0 aromatic heterocycles. The van der Waals surface area contributed by atoms with E-state index in [9.17, 15) is 19.5 Å². The van der Waals surface area contributed by atoms with E-state index in [2.05, 4.69) is 21.2 Å². The molecule has 2 saturated heterocycles. The van der Waals surface area contributed by atoms with Crippen molar-refractivity contribution in [1.82, 2.24) is 10.2 Å². The predicted octanol–water partition coefficient (Wildman–Crippen LogP) is 3.91. The summed E-state index contributed by atoms with van der Waals surface area (Å²) in [7, 11) is 1.55. The van der Waals surface area contributed by atoms with Gasteiger partial charge in [-0.25, -0.2) is 0 Å². The van der Waals surface area contributed by atoms with E-state index in [1.165, 1.54) is 4.90 Å². The van der Waals surface area contributed by atoms with Crippen molar-refractivity contribution in [2.45, 2.75) is 70.0 Å². The van der Waals surface area contributed by atoms with Crippen LogP contribution in [0.5, 0.6) is 5.75 Å². The number of halogens is 1. The largest absolute Gasteiger partial charge is 0.496 e. The standard InChI is InChI=1S/C24H31BrN2O5/c1-13(2)12-24(23(30)31)19-18(20(26-24)16-11-14(25)9-10-17(16)32-3)21(28)27(22(19)29)15-7-5-4-6-8-15/h9-11,13,15,18-20,26H,4-8,12H2,1-3H3,(H,30,31). The van der Waals surface area contributed by atoms with Crippen molar-refractivity contribution in [3.8, 4) is 5.75 Å². The number of carbonyl (C=O) groups is 3. The molecular formula is C24H31BrN2O5. The Kier molecular flexibility index (Phi) is 6.38. The third-order valence-corrected chi connectivity index (χ3v) is 7.76. The monoisotopic (exact) mass is 506 g/mol. The molecule has 1 aliphatic carbocycles. The van der Waals surface area contributed by atoms with Gasteiger partial charge in [-0.3, -0.25) is 24.6 Å². The Morgan fingerprint density at radius 1 is 1.25 bits per heavy atom. The van der Waals surface area contributed by atoms with Crippen LogP contribution in [0.1, 0.15) is 64.0 Å². The van der Waals surface area contributed by atoms with Gasteiger partial charge in [0.1, 0.15) is 11.3 Å². The molecule has 2 aliphatic heterocycles. The molecule has 4 rings (SSSR count). The molecule has 2 amide bonds. The molecule has 1 saturated carbocycles. The number of fused-ring (bicyclic) bond motifs is 1. The van der Waals surface area contributed by atoms with Gasteiger partial charge in [0.05, 0.1) is 18.9 Å². The van der Waals surface area contributed by atoms with Crippen LogP contribution >= 0.6 is 15.9 Å². The molecular weight excluding hydrogens is 476 g/mol. The molecule has 2 N–H and O–H groups in total. The van der Waals surface area contributed by atoms with Crippen LogP contribution in [0.3, 0.4) is 0 Å². The minimum absolute atomic E-state index is 0.0223. The van der Waals surface area contributed by atoms with E-state index in [-0.39, 0.29) is 30.2 Å². The number of benzene rings is 1. The minimum atomic E-state index is -1.51. The van der Waals surface area contributed by atoms with Gasteiger partial charge in [-0.05, 0) is 43.4 Å². The molecule has 32 heavy (non-hydrogen) atoms. The average Bonchev–Trinajstić information content (AvgIpc) is 3.22. The number of carbonyl (C=O) groups excluding carboxylic acids is 2. The van der Waals surface area contributed by atoms with E-state index in [0.29, 0.717) is 11.3 Å². The zero-order chi connectivity index (χ0) is 23.2. The summed E-state index contributed by atoms with van der Waals surface area (Å²) in [6, 6.07) is 4.71. The van der Waals surface area contributed by atoms with Crippen molar-refractivity contribution in [1.29, 1.82) is 0 Å².